The highest BCUT2D eigenvalue weighted by molar-refractivity contribution is 6.42. The number of benzene rings is 2. The first-order chi connectivity index (χ1) is 15.2. The molecule has 160 valence electrons. The Bertz CT molecular complexity index is 1150. The fraction of sp³-hybridized carbons (Fsp3) is 0.400. The number of aromatic nitrogens is 1. The van der Waals surface area contributed by atoms with E-state index in [2.05, 4.69) is 46.5 Å². The van der Waals surface area contributed by atoms with Gasteiger partial charge in [0.2, 0.25) is 0 Å². The Morgan fingerprint density at radius 2 is 1.87 bits per heavy atom. The van der Waals surface area contributed by atoms with Crippen LogP contribution in [0.2, 0.25) is 10.0 Å². The van der Waals surface area contributed by atoms with E-state index >= 15 is 0 Å². The van der Waals surface area contributed by atoms with Gasteiger partial charge in [0, 0.05) is 28.9 Å². The Balaban J connectivity index is 1.29. The van der Waals surface area contributed by atoms with Gasteiger partial charge in [-0.05, 0) is 73.8 Å². The number of anilines is 1. The average molecular weight is 453 g/mol. The van der Waals surface area contributed by atoms with E-state index in [9.17, 15) is 0 Å². The Labute approximate surface area is 192 Å². The SMILES string of the molecule is Clc1ccc(C2NNC3CCC(Nc4c5c(nc6ccccc46)CCC5)CC32)cc1Cl. The molecule has 2 fully saturated rings. The summed E-state index contributed by atoms with van der Waals surface area (Å²) in [5.41, 5.74) is 13.4. The van der Waals surface area contributed by atoms with Crippen LogP contribution in [-0.2, 0) is 12.8 Å². The minimum Gasteiger partial charge on any atom is -0.381 e. The highest BCUT2D eigenvalue weighted by Gasteiger charge is 2.41. The number of aryl methyl sites for hydroxylation is 1. The van der Waals surface area contributed by atoms with Crippen molar-refractivity contribution in [3.63, 3.8) is 0 Å². The molecule has 3 N–H and O–H groups in total. The molecule has 31 heavy (non-hydrogen) atoms. The van der Waals surface area contributed by atoms with Crippen LogP contribution >= 0.6 is 23.2 Å². The van der Waals surface area contributed by atoms with Crippen molar-refractivity contribution in [2.75, 3.05) is 5.32 Å². The summed E-state index contributed by atoms with van der Waals surface area (Å²) in [7, 11) is 0. The lowest BCUT2D eigenvalue weighted by Gasteiger charge is -2.35. The van der Waals surface area contributed by atoms with Gasteiger partial charge in [0.25, 0.3) is 0 Å². The molecule has 0 radical (unpaired) electrons. The number of pyridine rings is 1. The van der Waals surface area contributed by atoms with Crippen molar-refractivity contribution in [2.45, 2.75) is 56.7 Å². The number of hydrogen-bond acceptors (Lipinski definition) is 4. The Hall–Kier alpha value is -1.85. The first kappa shape index (κ1) is 19.8. The van der Waals surface area contributed by atoms with Gasteiger partial charge in [-0.25, -0.2) is 5.43 Å². The van der Waals surface area contributed by atoms with Crippen LogP contribution in [0.3, 0.4) is 0 Å². The number of hydrogen-bond donors (Lipinski definition) is 3. The Morgan fingerprint density at radius 3 is 2.77 bits per heavy atom. The third-order valence-electron chi connectivity index (χ3n) is 7.32. The van der Waals surface area contributed by atoms with Crippen LogP contribution in [0.5, 0.6) is 0 Å². The second kappa shape index (κ2) is 7.93. The number of nitrogens with one attached hydrogen (secondary N) is 3. The minimum atomic E-state index is 0.240. The molecule has 2 aromatic carbocycles. The molecule has 3 aromatic rings. The normalized spacial score (nSPS) is 27.3. The van der Waals surface area contributed by atoms with E-state index in [1.165, 1.54) is 34.3 Å². The number of para-hydroxylation sites is 1. The summed E-state index contributed by atoms with van der Waals surface area (Å²) >= 11 is 12.5. The van der Waals surface area contributed by atoms with Gasteiger partial charge in [-0.2, -0.15) is 0 Å². The molecule has 4 unspecified atom stereocenters. The van der Waals surface area contributed by atoms with Crippen molar-refractivity contribution in [3.05, 3.63) is 69.3 Å². The van der Waals surface area contributed by atoms with Crippen LogP contribution in [0, 0.1) is 5.92 Å². The second-order valence-electron chi connectivity index (χ2n) is 9.15. The van der Waals surface area contributed by atoms with Gasteiger partial charge in [0.1, 0.15) is 0 Å². The summed E-state index contributed by atoms with van der Waals surface area (Å²) in [4.78, 5) is 4.95. The van der Waals surface area contributed by atoms with E-state index in [0.717, 1.165) is 37.6 Å². The van der Waals surface area contributed by atoms with Crippen molar-refractivity contribution < 1.29 is 0 Å². The van der Waals surface area contributed by atoms with Crippen LogP contribution in [-0.4, -0.2) is 17.1 Å². The smallest absolute Gasteiger partial charge is 0.0726 e. The lowest BCUT2D eigenvalue weighted by Crippen LogP contribution is -2.39. The van der Waals surface area contributed by atoms with E-state index in [1.807, 2.05) is 12.1 Å². The van der Waals surface area contributed by atoms with Crippen LogP contribution in [0.25, 0.3) is 10.9 Å². The second-order valence-corrected chi connectivity index (χ2v) is 9.96. The van der Waals surface area contributed by atoms with Gasteiger partial charge >= 0.3 is 0 Å². The number of fused-ring (bicyclic) bond motifs is 3. The van der Waals surface area contributed by atoms with Gasteiger partial charge in [0.05, 0.1) is 21.6 Å². The van der Waals surface area contributed by atoms with Gasteiger partial charge in [-0.3, -0.25) is 10.4 Å². The van der Waals surface area contributed by atoms with Gasteiger partial charge in [-0.15, -0.1) is 0 Å². The van der Waals surface area contributed by atoms with Crippen molar-refractivity contribution in [2.24, 2.45) is 5.92 Å². The highest BCUT2D eigenvalue weighted by Crippen LogP contribution is 2.42. The fourth-order valence-corrected chi connectivity index (χ4v) is 6.11. The summed E-state index contributed by atoms with van der Waals surface area (Å²) in [5, 5.41) is 6.47. The number of nitrogens with zero attached hydrogens (tertiary/aromatic N) is 1. The largest absolute Gasteiger partial charge is 0.381 e. The Kier molecular flexibility index (Phi) is 5.07. The molecule has 2 aliphatic carbocycles. The van der Waals surface area contributed by atoms with Crippen molar-refractivity contribution >= 4 is 39.8 Å². The molecule has 6 heteroatoms. The van der Waals surface area contributed by atoms with Crippen LogP contribution < -0.4 is 16.2 Å². The molecule has 1 saturated carbocycles. The van der Waals surface area contributed by atoms with Crippen LogP contribution in [0.15, 0.2) is 42.5 Å². The Morgan fingerprint density at radius 1 is 0.968 bits per heavy atom. The maximum Gasteiger partial charge on any atom is 0.0726 e. The molecule has 0 amide bonds. The molecule has 0 spiro atoms. The molecule has 1 saturated heterocycles. The summed E-state index contributed by atoms with van der Waals surface area (Å²) < 4.78 is 0. The van der Waals surface area contributed by atoms with Gasteiger partial charge < -0.3 is 5.32 Å². The summed E-state index contributed by atoms with van der Waals surface area (Å²) in [6.07, 6.45) is 6.85. The van der Waals surface area contributed by atoms with Crippen LogP contribution in [0.1, 0.15) is 48.5 Å². The van der Waals surface area contributed by atoms with E-state index in [0.29, 0.717) is 28.0 Å². The molecule has 4 nitrogen and oxygen atoms in total. The third kappa shape index (κ3) is 3.50. The maximum atomic E-state index is 6.31. The van der Waals surface area contributed by atoms with E-state index in [1.54, 1.807) is 0 Å². The van der Waals surface area contributed by atoms with E-state index in [-0.39, 0.29) is 6.04 Å². The standard InChI is InChI=1S/C25H26Cl2N4/c26-19-10-8-14(12-20(19)27)24-18-13-15(9-11-23(18)30-31-24)28-25-16-4-1-2-6-21(16)29-22-7-3-5-17(22)25/h1-2,4,6,8,10,12,15,18,23-24,30-31H,3,5,7,9,11,13H2,(H,28,29). The summed E-state index contributed by atoms with van der Waals surface area (Å²) in [5.74, 6) is 0.504. The minimum absolute atomic E-state index is 0.240. The molecule has 1 aromatic heterocycles. The van der Waals surface area contributed by atoms with Crippen molar-refractivity contribution in [1.29, 1.82) is 0 Å². The molecule has 4 atom stereocenters. The van der Waals surface area contributed by atoms with Crippen molar-refractivity contribution in [1.82, 2.24) is 15.8 Å². The number of rotatable bonds is 3. The monoisotopic (exact) mass is 452 g/mol. The molecular weight excluding hydrogens is 427 g/mol. The molecule has 0 bridgehead atoms. The van der Waals surface area contributed by atoms with Gasteiger partial charge in [0.15, 0.2) is 0 Å². The van der Waals surface area contributed by atoms with Gasteiger partial charge in [-0.1, -0.05) is 47.5 Å². The summed E-state index contributed by atoms with van der Waals surface area (Å²) in [6, 6.07) is 15.7. The third-order valence-corrected chi connectivity index (χ3v) is 8.06. The predicted molar refractivity (Wildman–Crippen MR) is 128 cm³/mol. The average Bonchev–Trinajstić information content (AvgIpc) is 3.42. The lowest BCUT2D eigenvalue weighted by molar-refractivity contribution is 0.289. The lowest BCUT2D eigenvalue weighted by atomic mass is 9.77. The van der Waals surface area contributed by atoms with E-state index in [4.69, 9.17) is 28.2 Å². The van der Waals surface area contributed by atoms with E-state index < -0.39 is 0 Å². The molecular formula is C25H26Cl2N4. The number of hydrazine groups is 1. The zero-order chi connectivity index (χ0) is 20.9. The fourth-order valence-electron chi connectivity index (χ4n) is 5.80. The molecule has 6 rings (SSSR count). The van der Waals surface area contributed by atoms with Crippen molar-refractivity contribution in [3.8, 4) is 0 Å². The maximum absolute atomic E-state index is 6.31. The zero-order valence-corrected chi connectivity index (χ0v) is 18.8. The predicted octanol–water partition coefficient (Wildman–Crippen LogP) is 5.83. The highest BCUT2D eigenvalue weighted by atomic mass is 35.5. The molecule has 3 aliphatic rings. The first-order valence-electron chi connectivity index (χ1n) is 11.3. The zero-order valence-electron chi connectivity index (χ0n) is 17.3. The first-order valence-corrected chi connectivity index (χ1v) is 12.1. The molecule has 1 aliphatic heterocycles. The topological polar surface area (TPSA) is 49.0 Å². The number of halogens is 2. The van der Waals surface area contributed by atoms with Crippen LogP contribution in [0.4, 0.5) is 5.69 Å². The quantitative estimate of drug-likeness (QED) is 0.467. The molecule has 2 heterocycles. The summed E-state index contributed by atoms with van der Waals surface area (Å²) in [6.45, 7) is 0.